The molecule has 3 aliphatic rings. The minimum atomic E-state index is -2.97. The molecule has 1 saturated carbocycles. The zero-order valence-corrected chi connectivity index (χ0v) is 22.5. The zero-order valence-electron chi connectivity index (χ0n) is 21.7. The van der Waals surface area contributed by atoms with Crippen LogP contribution < -0.4 is 5.32 Å². The molecule has 0 atom stereocenters. The van der Waals surface area contributed by atoms with Gasteiger partial charge in [0, 0.05) is 31.1 Å². The molecule has 1 spiro atoms. The van der Waals surface area contributed by atoms with E-state index in [0.717, 1.165) is 25.7 Å². The summed E-state index contributed by atoms with van der Waals surface area (Å²) >= 11 is 0. The number of sulfone groups is 1. The van der Waals surface area contributed by atoms with E-state index in [1.807, 2.05) is 18.7 Å². The first kappa shape index (κ1) is 26.1. The molecule has 0 bridgehead atoms. The normalized spacial score (nSPS) is 26.9. The fraction of sp³-hybridized carbons (Fsp3) is 0.704. The molecule has 2 saturated heterocycles. The lowest BCUT2D eigenvalue weighted by molar-refractivity contribution is -0.134. The molecule has 2 heterocycles. The Balaban J connectivity index is 1.38. The maximum Gasteiger partial charge on any atom is 0.227 e. The van der Waals surface area contributed by atoms with Crippen molar-refractivity contribution in [2.45, 2.75) is 70.4 Å². The van der Waals surface area contributed by atoms with Crippen molar-refractivity contribution < 1.29 is 18.0 Å². The molecular formula is C27H41N3O4S. The summed E-state index contributed by atoms with van der Waals surface area (Å²) in [4.78, 5) is 30.4. The highest BCUT2D eigenvalue weighted by Gasteiger charge is 2.51. The summed E-state index contributed by atoms with van der Waals surface area (Å²) in [5.41, 5.74) is 0.587. The minimum Gasteiger partial charge on any atom is -0.353 e. The Labute approximate surface area is 210 Å². The third-order valence-corrected chi connectivity index (χ3v) is 10.5. The van der Waals surface area contributed by atoms with Crippen LogP contribution in [0.1, 0.15) is 64.4 Å². The van der Waals surface area contributed by atoms with Gasteiger partial charge in [0.15, 0.2) is 0 Å². The third kappa shape index (κ3) is 5.43. The van der Waals surface area contributed by atoms with Crippen molar-refractivity contribution in [3.63, 3.8) is 0 Å². The lowest BCUT2D eigenvalue weighted by atomic mass is 9.64. The Bertz CT molecular complexity index is 1030. The molecule has 1 aromatic rings. The minimum absolute atomic E-state index is 0.00435. The predicted octanol–water partition coefficient (Wildman–Crippen LogP) is 2.96. The van der Waals surface area contributed by atoms with Crippen LogP contribution in [0.15, 0.2) is 30.3 Å². The van der Waals surface area contributed by atoms with E-state index in [0.29, 0.717) is 32.4 Å². The van der Waals surface area contributed by atoms with Crippen LogP contribution in [0.4, 0.5) is 0 Å². The maximum atomic E-state index is 13.1. The van der Waals surface area contributed by atoms with E-state index in [1.165, 1.54) is 5.56 Å². The molecule has 8 heteroatoms. The number of nitrogens with one attached hydrogen (secondary N) is 1. The van der Waals surface area contributed by atoms with Gasteiger partial charge in [-0.1, -0.05) is 30.3 Å². The van der Waals surface area contributed by atoms with E-state index in [9.17, 15) is 18.0 Å². The van der Waals surface area contributed by atoms with Crippen molar-refractivity contribution in [3.8, 4) is 0 Å². The molecule has 3 fully saturated rings. The second-order valence-corrected chi connectivity index (χ2v) is 14.3. The summed E-state index contributed by atoms with van der Waals surface area (Å²) in [6.45, 7) is 4.87. The maximum absolute atomic E-state index is 13.1. The van der Waals surface area contributed by atoms with Gasteiger partial charge in [-0.15, -0.1) is 0 Å². The number of rotatable bonds is 6. The largest absolute Gasteiger partial charge is 0.353 e. The Morgan fingerprint density at radius 3 is 2.26 bits per heavy atom. The highest BCUT2D eigenvalue weighted by molar-refractivity contribution is 7.91. The first-order chi connectivity index (χ1) is 16.4. The van der Waals surface area contributed by atoms with Crippen molar-refractivity contribution in [1.82, 2.24) is 15.1 Å². The molecule has 0 radical (unpaired) electrons. The van der Waals surface area contributed by atoms with E-state index < -0.39 is 15.3 Å². The van der Waals surface area contributed by atoms with Crippen LogP contribution in [0.2, 0.25) is 0 Å². The van der Waals surface area contributed by atoms with Crippen molar-refractivity contribution >= 4 is 21.7 Å². The smallest absolute Gasteiger partial charge is 0.227 e. The number of nitrogens with zero attached hydrogens (tertiary/aromatic N) is 2. The monoisotopic (exact) mass is 503 g/mol. The fourth-order valence-corrected chi connectivity index (χ4v) is 7.85. The Kier molecular flexibility index (Phi) is 7.10. The predicted molar refractivity (Wildman–Crippen MR) is 138 cm³/mol. The van der Waals surface area contributed by atoms with Gasteiger partial charge in [0.05, 0.1) is 16.9 Å². The average Bonchev–Trinajstić information content (AvgIpc) is 3.10. The SMILES string of the molecule is CN(C)C1(c2ccccc2)CCC2(CC1)CC(=O)N(CC(C)(C)C(=O)NC1CCS(=O)(=O)CC1)C2. The highest BCUT2D eigenvalue weighted by Crippen LogP contribution is 2.52. The van der Waals surface area contributed by atoms with Crippen LogP contribution in [0.3, 0.4) is 0 Å². The van der Waals surface area contributed by atoms with Gasteiger partial charge in [0.25, 0.3) is 0 Å². The summed E-state index contributed by atoms with van der Waals surface area (Å²) in [6.07, 6.45) is 5.50. The second kappa shape index (κ2) is 9.51. The Morgan fingerprint density at radius 2 is 1.69 bits per heavy atom. The van der Waals surface area contributed by atoms with Gasteiger partial charge in [0.2, 0.25) is 11.8 Å². The molecule has 0 aromatic heterocycles. The zero-order chi connectivity index (χ0) is 25.5. The van der Waals surface area contributed by atoms with Crippen molar-refractivity contribution in [3.05, 3.63) is 35.9 Å². The second-order valence-electron chi connectivity index (χ2n) is 12.0. The molecular weight excluding hydrogens is 462 g/mol. The summed E-state index contributed by atoms with van der Waals surface area (Å²) in [5, 5.41) is 3.05. The van der Waals surface area contributed by atoms with Crippen LogP contribution in [-0.2, 0) is 25.0 Å². The molecule has 35 heavy (non-hydrogen) atoms. The van der Waals surface area contributed by atoms with Crippen molar-refractivity contribution in [2.75, 3.05) is 38.7 Å². The number of benzene rings is 1. The fourth-order valence-electron chi connectivity index (χ4n) is 6.36. The van der Waals surface area contributed by atoms with Crippen LogP contribution in [0.5, 0.6) is 0 Å². The van der Waals surface area contributed by atoms with Crippen molar-refractivity contribution in [1.29, 1.82) is 0 Å². The Morgan fingerprint density at radius 1 is 1.09 bits per heavy atom. The van der Waals surface area contributed by atoms with Gasteiger partial charge in [0.1, 0.15) is 9.84 Å². The van der Waals surface area contributed by atoms with Gasteiger partial charge in [-0.2, -0.15) is 0 Å². The lowest BCUT2D eigenvalue weighted by Crippen LogP contribution is -2.50. The van der Waals surface area contributed by atoms with Gasteiger partial charge < -0.3 is 10.2 Å². The summed E-state index contributed by atoms with van der Waals surface area (Å²) < 4.78 is 23.4. The average molecular weight is 504 g/mol. The summed E-state index contributed by atoms with van der Waals surface area (Å²) in [5.74, 6) is 0.299. The van der Waals surface area contributed by atoms with Crippen LogP contribution in [-0.4, -0.2) is 74.8 Å². The van der Waals surface area contributed by atoms with E-state index in [-0.39, 0.29) is 40.3 Å². The number of carbonyl (C=O) groups is 2. The summed E-state index contributed by atoms with van der Waals surface area (Å²) in [7, 11) is 1.34. The number of amides is 2. The molecule has 7 nitrogen and oxygen atoms in total. The van der Waals surface area contributed by atoms with Gasteiger partial charge >= 0.3 is 0 Å². The molecule has 1 N–H and O–H groups in total. The van der Waals surface area contributed by atoms with Gasteiger partial charge in [-0.3, -0.25) is 14.5 Å². The first-order valence-electron chi connectivity index (χ1n) is 12.9. The third-order valence-electron chi connectivity index (χ3n) is 8.80. The number of carbonyl (C=O) groups excluding carboxylic acids is 2. The topological polar surface area (TPSA) is 86.8 Å². The van der Waals surface area contributed by atoms with Crippen LogP contribution in [0.25, 0.3) is 0 Å². The van der Waals surface area contributed by atoms with Crippen LogP contribution >= 0.6 is 0 Å². The molecule has 1 aromatic carbocycles. The molecule has 2 aliphatic heterocycles. The van der Waals surface area contributed by atoms with Crippen LogP contribution in [0, 0.1) is 10.8 Å². The number of hydrogen-bond donors (Lipinski definition) is 1. The quantitative estimate of drug-likeness (QED) is 0.645. The van der Waals surface area contributed by atoms with Gasteiger partial charge in [-0.05, 0) is 77.4 Å². The van der Waals surface area contributed by atoms with Crippen molar-refractivity contribution in [2.24, 2.45) is 10.8 Å². The molecule has 1 aliphatic carbocycles. The molecule has 194 valence electrons. The van der Waals surface area contributed by atoms with E-state index >= 15 is 0 Å². The first-order valence-corrected chi connectivity index (χ1v) is 14.7. The lowest BCUT2D eigenvalue weighted by Gasteiger charge is -2.49. The number of likely N-dealkylation sites (tertiary alicyclic amines) is 1. The Hall–Kier alpha value is -1.93. The van der Waals surface area contributed by atoms with E-state index in [4.69, 9.17) is 0 Å². The molecule has 4 rings (SSSR count). The molecule has 2 amide bonds. The van der Waals surface area contributed by atoms with E-state index in [2.05, 4.69) is 54.6 Å². The molecule has 0 unspecified atom stereocenters. The number of hydrogen-bond acceptors (Lipinski definition) is 5. The van der Waals surface area contributed by atoms with E-state index in [1.54, 1.807) is 0 Å². The van der Waals surface area contributed by atoms with Gasteiger partial charge in [-0.25, -0.2) is 8.42 Å². The summed E-state index contributed by atoms with van der Waals surface area (Å²) in [6, 6.07) is 10.6. The standard InChI is InChI=1S/C27H41N3O4S/c1-25(2,24(32)28-22-10-16-35(33,34)17-11-22)19-30-20-26(18-23(30)31)12-14-27(15-13-26,29(3)4)21-8-6-5-7-9-21/h5-9,22H,10-20H2,1-4H3,(H,28,32). The highest BCUT2D eigenvalue weighted by atomic mass is 32.2.